The Morgan fingerprint density at radius 3 is 1.69 bits per heavy atom. The van der Waals surface area contributed by atoms with Gasteiger partial charge < -0.3 is 120 Å². The number of carbonyl (C=O) groups excluding carboxylic acids is 17. The predicted molar refractivity (Wildman–Crippen MR) is 471 cm³/mol. The van der Waals surface area contributed by atoms with Crippen LogP contribution in [0, 0.1) is 11.3 Å². The molecule has 0 spiro atoms. The van der Waals surface area contributed by atoms with E-state index in [1.54, 1.807) is 105 Å². The number of aromatic amines is 3. The van der Waals surface area contributed by atoms with Crippen LogP contribution in [0.1, 0.15) is 108 Å². The van der Waals surface area contributed by atoms with Gasteiger partial charge in [0.15, 0.2) is 5.96 Å². The number of H-pyrrole nitrogens is 3. The number of unbranched alkanes of at least 4 members (excludes halogenated alkanes) is 1. The van der Waals surface area contributed by atoms with E-state index in [9.17, 15) is 77.0 Å². The first-order valence-electron chi connectivity index (χ1n) is 42.2. The molecule has 2 aliphatic rings. The molecule has 8 rings (SSSR count). The van der Waals surface area contributed by atoms with Gasteiger partial charge in [-0.3, -0.25) is 86.9 Å². The number of hydrogen-bond donors (Lipinski definition) is 19. The van der Waals surface area contributed by atoms with Crippen molar-refractivity contribution in [3.63, 3.8) is 0 Å². The average molecular weight is 1800 g/mol. The summed E-state index contributed by atoms with van der Waals surface area (Å²) in [6.45, 7) is 3.31. The summed E-state index contributed by atoms with van der Waals surface area (Å²) in [6, 6.07) is 4.27. The number of likely N-dealkylation sites (N-methyl/N-ethyl adjacent to an activating group) is 4. The fraction of sp³-hybridized carbons (Fsp3) is 0.494. The van der Waals surface area contributed by atoms with Crippen LogP contribution in [0.15, 0.2) is 104 Å². The van der Waals surface area contributed by atoms with Crippen LogP contribution in [0.2, 0.25) is 0 Å². The SMILES string of the molecule is CCCC[C@H]1C(=O)N(C)CC(=O)N[C@@H](CCCNC(=N)N)C(=O)N[C@H](C(=O)NCC(N)=O)CSCC(=O)N[C@@H](Cc2ccccc2)C(=O)N(C)[C@@H](C)C(=O)N[C@@H](CC(N)=O)C(=O)N2CCC[C@H]2C(=O)N[C@@H](Cc2cnc[nH]2)C(=O)N[C@@H](CC(C)C)C(=O)N(C)CC(=O)N[C@@H](Cc2c[nH]c3ccccc23)C(=O)N[C@@H](CO)C(=O)N[C@@H](Cc2c[nH]c3ccccc23)C(=O)N1C. The van der Waals surface area contributed by atoms with Crippen LogP contribution in [0.25, 0.3) is 21.8 Å². The number of carbonyl (C=O) groups is 17. The van der Waals surface area contributed by atoms with Gasteiger partial charge in [0.25, 0.3) is 0 Å². The van der Waals surface area contributed by atoms with Gasteiger partial charge in [0, 0.05) is 119 Å². The van der Waals surface area contributed by atoms with E-state index in [4.69, 9.17) is 22.6 Å². The third-order valence-electron chi connectivity index (χ3n) is 22.0. The maximum Gasteiger partial charge on any atom is 0.246 e. The van der Waals surface area contributed by atoms with E-state index in [2.05, 4.69) is 78.4 Å². The number of thioether (sulfide) groups is 1. The zero-order chi connectivity index (χ0) is 93.6. The quantitative estimate of drug-likeness (QED) is 0.0167. The molecule has 42 nitrogen and oxygen atoms in total. The molecule has 43 heteroatoms. The summed E-state index contributed by atoms with van der Waals surface area (Å²) in [5, 5.41) is 48.8. The summed E-state index contributed by atoms with van der Waals surface area (Å²) in [5.41, 5.74) is 19.9. The number of primary amides is 2. The fourth-order valence-electron chi connectivity index (χ4n) is 15.0. The number of hydrogen-bond acceptors (Lipinski definition) is 21. The van der Waals surface area contributed by atoms with Crippen LogP contribution >= 0.6 is 11.8 Å². The lowest BCUT2D eigenvalue weighted by atomic mass is 10.0. The van der Waals surface area contributed by atoms with E-state index < -0.39 is 223 Å². The summed E-state index contributed by atoms with van der Waals surface area (Å²) in [5.74, 6) is -17.3. The number of guanidine groups is 1. The minimum Gasteiger partial charge on any atom is -0.394 e. The van der Waals surface area contributed by atoms with Gasteiger partial charge in [0.2, 0.25) is 100 Å². The Morgan fingerprint density at radius 1 is 0.555 bits per heavy atom. The summed E-state index contributed by atoms with van der Waals surface area (Å²) in [4.78, 5) is 264. The van der Waals surface area contributed by atoms with Crippen LogP contribution in [0.4, 0.5) is 0 Å². The number of aliphatic hydroxyl groups is 1. The predicted octanol–water partition coefficient (Wildman–Crippen LogP) is -3.70. The molecule has 5 heterocycles. The second-order valence-electron chi connectivity index (χ2n) is 32.3. The number of benzene rings is 3. The van der Waals surface area contributed by atoms with Crippen LogP contribution < -0.4 is 75.7 Å². The number of imidazole rings is 1. The largest absolute Gasteiger partial charge is 0.394 e. The normalized spacial score (nSPS) is 23.3. The molecule has 0 radical (unpaired) electrons. The lowest BCUT2D eigenvalue weighted by Gasteiger charge is -2.34. The molecule has 22 N–H and O–H groups in total. The van der Waals surface area contributed by atoms with Crippen molar-refractivity contribution in [2.75, 3.05) is 79.0 Å². The molecular weight excluding hydrogens is 1680 g/mol. The zero-order valence-corrected chi connectivity index (χ0v) is 73.7. The van der Waals surface area contributed by atoms with Crippen molar-refractivity contribution in [2.24, 2.45) is 23.1 Å². The van der Waals surface area contributed by atoms with Crippen molar-refractivity contribution in [3.8, 4) is 0 Å². The number of para-hydroxylation sites is 2. The summed E-state index contributed by atoms with van der Waals surface area (Å²) < 4.78 is 0. The molecule has 0 unspecified atom stereocenters. The summed E-state index contributed by atoms with van der Waals surface area (Å²) >= 11 is 0.786. The molecule has 0 saturated carbocycles. The van der Waals surface area contributed by atoms with Crippen molar-refractivity contribution in [1.29, 1.82) is 5.41 Å². The first-order valence-corrected chi connectivity index (χ1v) is 43.4. The van der Waals surface area contributed by atoms with Gasteiger partial charge in [-0.1, -0.05) is 100 Å². The maximum absolute atomic E-state index is 15.4. The van der Waals surface area contributed by atoms with Crippen molar-refractivity contribution in [1.82, 2.24) is 103 Å². The number of nitrogens with two attached hydrogens (primary N) is 3. The van der Waals surface area contributed by atoms with Crippen LogP contribution in [0.5, 0.6) is 0 Å². The molecule has 692 valence electrons. The Kier molecular flexibility index (Phi) is 37.7. The first-order chi connectivity index (χ1) is 60.9. The first kappa shape index (κ1) is 99.9. The van der Waals surface area contributed by atoms with Crippen molar-refractivity contribution in [2.45, 2.75) is 184 Å². The molecule has 0 bridgehead atoms. The number of amides is 17. The van der Waals surface area contributed by atoms with Crippen molar-refractivity contribution < 1.29 is 86.6 Å². The lowest BCUT2D eigenvalue weighted by Crippen LogP contribution is -2.60. The maximum atomic E-state index is 15.4. The van der Waals surface area contributed by atoms with Gasteiger partial charge in [0.05, 0.1) is 44.7 Å². The average Bonchev–Trinajstić information content (AvgIpc) is 1.57. The molecule has 0 aliphatic carbocycles. The molecule has 2 fully saturated rings. The second-order valence-corrected chi connectivity index (χ2v) is 33.3. The standard InChI is InChI=1S/C85H118N24O18S/c1-9-10-27-67-84(127)106(6)42-70(113)96-57(26-18-29-91-85(88)89)75(118)104-65(74(117)94-40-69(87)112)44-128-45-72(115)98-61(32-49-20-12-11-13-21-49)81(124)107(7)48(4)73(116)100-63(36-68(86)111)83(126)109-30-19-28-66(109)79(122)99-59(35-52-39-90-46-95-52)77(120)101-60(31-47(2)3)80(123)105(5)41-71(114)97-58(33-50-37-92-55-24-16-14-22-53(50)55)76(119)103-64(43-110)78(121)102-62(82(125)108(67)8)34-51-38-93-56-25-17-15-23-54(51)56/h11-17,20-25,37-39,46-48,57-67,92-93,110H,9-10,18-19,26-36,40-45H2,1-8H3,(H2,86,111)(H2,87,112)(H,90,95)(H,94,117)(H,96,113)(H,97,114)(H,98,115)(H,99,122)(H,100,116)(H,101,120)(H,102,121)(H,103,119)(H,104,118)(H4,88,89,91)/t48-,57-,58-,59-,60-,61-,62-,63-,64-,65-,66-,67-/m0/s1. The fourth-order valence-corrected chi connectivity index (χ4v) is 15.9. The molecule has 17 amide bonds. The van der Waals surface area contributed by atoms with Gasteiger partial charge in [-0.15, -0.1) is 11.8 Å². The highest BCUT2D eigenvalue weighted by molar-refractivity contribution is 8.00. The minimum atomic E-state index is -1.84. The van der Waals surface area contributed by atoms with E-state index in [1.165, 1.54) is 47.6 Å². The molecule has 2 saturated heterocycles. The Labute approximate surface area is 743 Å². The molecule has 12 atom stereocenters. The van der Waals surface area contributed by atoms with Crippen LogP contribution in [-0.2, 0) is 107 Å². The Bertz CT molecular complexity index is 4950. The molecule has 6 aromatic rings. The van der Waals surface area contributed by atoms with Crippen molar-refractivity contribution >= 4 is 140 Å². The molecule has 128 heavy (non-hydrogen) atoms. The molecule has 3 aromatic heterocycles. The summed E-state index contributed by atoms with van der Waals surface area (Å²) in [7, 11) is 5.13. The van der Waals surface area contributed by atoms with Gasteiger partial charge in [-0.2, -0.15) is 0 Å². The van der Waals surface area contributed by atoms with Gasteiger partial charge >= 0.3 is 0 Å². The van der Waals surface area contributed by atoms with Gasteiger partial charge in [-0.05, 0) is 80.2 Å². The number of nitrogens with zero attached hydrogens (tertiary/aromatic N) is 6. The second kappa shape index (κ2) is 48.3. The highest BCUT2D eigenvalue weighted by Crippen LogP contribution is 2.25. The van der Waals surface area contributed by atoms with Crippen molar-refractivity contribution in [3.05, 3.63) is 126 Å². The number of nitrogens with one attached hydrogen (secondary N) is 15. The van der Waals surface area contributed by atoms with Gasteiger partial charge in [0.1, 0.15) is 72.5 Å². The van der Waals surface area contributed by atoms with Crippen LogP contribution in [0.3, 0.4) is 0 Å². The molecule has 3 aromatic carbocycles. The summed E-state index contributed by atoms with van der Waals surface area (Å²) in [6.07, 6.45) is 5.16. The van der Waals surface area contributed by atoms with E-state index in [-0.39, 0.29) is 83.2 Å². The third kappa shape index (κ3) is 29.0. The third-order valence-corrected chi connectivity index (χ3v) is 23.0. The van der Waals surface area contributed by atoms with Gasteiger partial charge in [-0.25, -0.2) is 4.98 Å². The Morgan fingerprint density at radius 2 is 1.09 bits per heavy atom. The number of fused-ring (bicyclic) bond motifs is 3. The van der Waals surface area contributed by atoms with E-state index in [0.29, 0.717) is 57.0 Å². The highest BCUT2D eigenvalue weighted by Gasteiger charge is 2.43. The highest BCUT2D eigenvalue weighted by atomic mass is 32.2. The van der Waals surface area contributed by atoms with E-state index >= 15 is 9.59 Å². The monoisotopic (exact) mass is 1790 g/mol. The van der Waals surface area contributed by atoms with E-state index in [1.807, 2.05) is 6.92 Å². The minimum absolute atomic E-state index is 0.00218. The number of rotatable bonds is 23. The molecule has 2 aliphatic heterocycles. The topological polar surface area (TPSA) is 621 Å². The molecular formula is C85H118N24O18S. The van der Waals surface area contributed by atoms with E-state index in [0.717, 1.165) is 36.3 Å². The van der Waals surface area contributed by atoms with Crippen LogP contribution in [-0.4, -0.2) is 307 Å². The smallest absolute Gasteiger partial charge is 0.246 e. The zero-order valence-electron chi connectivity index (χ0n) is 72.9. The number of aliphatic hydroxyl groups excluding tert-OH is 1. The Hall–Kier alpha value is -13.5. The Balaban J connectivity index is 1.15. The lowest BCUT2D eigenvalue weighted by molar-refractivity contribution is -0.147. The number of aromatic nitrogens is 4.